The van der Waals surface area contributed by atoms with Gasteiger partial charge in [0.05, 0.1) is 6.54 Å². The van der Waals surface area contributed by atoms with Gasteiger partial charge in [-0.25, -0.2) is 0 Å². The van der Waals surface area contributed by atoms with Crippen molar-refractivity contribution in [3.8, 4) is 0 Å². The number of nitrogens with two attached hydrogens (primary N) is 1. The van der Waals surface area contributed by atoms with E-state index < -0.39 is 0 Å². The third-order valence-electron chi connectivity index (χ3n) is 3.48. The van der Waals surface area contributed by atoms with E-state index in [-0.39, 0.29) is 5.91 Å². The molecule has 0 radical (unpaired) electrons. The highest BCUT2D eigenvalue weighted by Gasteiger charge is 2.30. The number of hydrogen-bond acceptors (Lipinski definition) is 3. The molecular formula is C16H25N3O. The monoisotopic (exact) mass is 275 g/mol. The Morgan fingerprint density at radius 2 is 2.00 bits per heavy atom. The fourth-order valence-electron chi connectivity index (χ4n) is 2.36. The molecule has 1 aromatic carbocycles. The Morgan fingerprint density at radius 1 is 1.35 bits per heavy atom. The maximum Gasteiger partial charge on any atom is 0.238 e. The van der Waals surface area contributed by atoms with E-state index in [9.17, 15) is 4.79 Å². The number of rotatable bonds is 7. The first-order valence-electron chi connectivity index (χ1n) is 7.41. The lowest BCUT2D eigenvalue weighted by Crippen LogP contribution is -2.37. The second-order valence-corrected chi connectivity index (χ2v) is 6.00. The van der Waals surface area contributed by atoms with Crippen LogP contribution in [0.5, 0.6) is 0 Å². The molecule has 1 aliphatic carbocycles. The van der Waals surface area contributed by atoms with E-state index in [4.69, 9.17) is 5.73 Å². The van der Waals surface area contributed by atoms with Gasteiger partial charge in [-0.3, -0.25) is 9.69 Å². The lowest BCUT2D eigenvalue weighted by Gasteiger charge is -2.23. The molecule has 0 unspecified atom stereocenters. The average Bonchev–Trinajstić information content (AvgIpc) is 3.22. The number of benzene rings is 1. The van der Waals surface area contributed by atoms with Crippen molar-refractivity contribution < 1.29 is 4.79 Å². The normalized spacial score (nSPS) is 14.8. The van der Waals surface area contributed by atoms with Crippen molar-refractivity contribution in [2.45, 2.75) is 39.3 Å². The Morgan fingerprint density at radius 3 is 2.50 bits per heavy atom. The van der Waals surface area contributed by atoms with Crippen molar-refractivity contribution in [2.75, 3.05) is 18.4 Å². The van der Waals surface area contributed by atoms with Crippen molar-refractivity contribution in [1.29, 1.82) is 0 Å². The molecule has 1 saturated carbocycles. The van der Waals surface area contributed by atoms with Crippen molar-refractivity contribution in [3.63, 3.8) is 0 Å². The van der Waals surface area contributed by atoms with Gasteiger partial charge in [0.25, 0.3) is 0 Å². The summed E-state index contributed by atoms with van der Waals surface area (Å²) < 4.78 is 0. The van der Waals surface area contributed by atoms with Crippen LogP contribution in [0.15, 0.2) is 24.3 Å². The maximum atomic E-state index is 12.1. The van der Waals surface area contributed by atoms with E-state index in [1.165, 1.54) is 12.8 Å². The van der Waals surface area contributed by atoms with E-state index in [0.29, 0.717) is 25.0 Å². The molecule has 0 bridgehead atoms. The first-order valence-corrected chi connectivity index (χ1v) is 7.41. The standard InChI is InChI=1S/C16H25N3O/c1-12(2)10-19(15-7-8-15)11-16(20)18-14-5-3-13(9-17)4-6-14/h3-6,12,15H,7-11,17H2,1-2H3,(H,18,20). The van der Waals surface area contributed by atoms with Crippen molar-refractivity contribution in [1.82, 2.24) is 4.90 Å². The lowest BCUT2D eigenvalue weighted by atomic mass is 10.2. The van der Waals surface area contributed by atoms with Crippen LogP contribution in [0.2, 0.25) is 0 Å². The highest BCUT2D eigenvalue weighted by molar-refractivity contribution is 5.92. The maximum absolute atomic E-state index is 12.1. The van der Waals surface area contributed by atoms with Crippen LogP contribution < -0.4 is 11.1 Å². The molecule has 0 heterocycles. The van der Waals surface area contributed by atoms with E-state index in [1.54, 1.807) is 0 Å². The zero-order valence-electron chi connectivity index (χ0n) is 12.4. The Balaban J connectivity index is 1.86. The molecule has 1 amide bonds. The SMILES string of the molecule is CC(C)CN(CC(=O)Nc1ccc(CN)cc1)C1CC1. The number of anilines is 1. The second kappa shape index (κ2) is 6.86. The minimum Gasteiger partial charge on any atom is -0.326 e. The summed E-state index contributed by atoms with van der Waals surface area (Å²) in [4.78, 5) is 14.4. The molecule has 0 aliphatic heterocycles. The van der Waals surface area contributed by atoms with Crippen molar-refractivity contribution in [2.24, 2.45) is 11.7 Å². The molecule has 1 aliphatic rings. The molecule has 4 heteroatoms. The predicted molar refractivity (Wildman–Crippen MR) is 82.4 cm³/mol. The highest BCUT2D eigenvalue weighted by atomic mass is 16.2. The summed E-state index contributed by atoms with van der Waals surface area (Å²) in [5.41, 5.74) is 7.47. The lowest BCUT2D eigenvalue weighted by molar-refractivity contribution is -0.117. The summed E-state index contributed by atoms with van der Waals surface area (Å²) in [5.74, 6) is 0.658. The van der Waals surface area contributed by atoms with Gasteiger partial charge in [-0.1, -0.05) is 26.0 Å². The van der Waals surface area contributed by atoms with Crippen LogP contribution in [-0.4, -0.2) is 29.9 Å². The van der Waals surface area contributed by atoms with Gasteiger partial charge in [0.2, 0.25) is 5.91 Å². The summed E-state index contributed by atoms with van der Waals surface area (Å²) in [7, 11) is 0. The molecule has 0 spiro atoms. The van der Waals surface area contributed by atoms with E-state index in [1.807, 2.05) is 24.3 Å². The predicted octanol–water partition coefficient (Wildman–Crippen LogP) is 2.20. The molecule has 2 rings (SSSR count). The van der Waals surface area contributed by atoms with Crippen LogP contribution in [0.4, 0.5) is 5.69 Å². The van der Waals surface area contributed by atoms with Crippen LogP contribution in [0.3, 0.4) is 0 Å². The molecule has 4 nitrogen and oxygen atoms in total. The van der Waals surface area contributed by atoms with Gasteiger partial charge >= 0.3 is 0 Å². The molecule has 20 heavy (non-hydrogen) atoms. The van der Waals surface area contributed by atoms with Gasteiger partial charge in [-0.15, -0.1) is 0 Å². The van der Waals surface area contributed by atoms with Crippen LogP contribution >= 0.6 is 0 Å². The average molecular weight is 275 g/mol. The summed E-state index contributed by atoms with van der Waals surface area (Å²) >= 11 is 0. The van der Waals surface area contributed by atoms with Gasteiger partial charge < -0.3 is 11.1 Å². The Hall–Kier alpha value is -1.39. The Kier molecular flexibility index (Phi) is 5.15. The molecular weight excluding hydrogens is 250 g/mol. The minimum atomic E-state index is 0.0676. The molecule has 110 valence electrons. The zero-order chi connectivity index (χ0) is 14.5. The molecule has 3 N–H and O–H groups in total. The van der Waals surface area contributed by atoms with E-state index >= 15 is 0 Å². The molecule has 0 saturated heterocycles. The van der Waals surface area contributed by atoms with Gasteiger partial charge in [0.15, 0.2) is 0 Å². The highest BCUT2D eigenvalue weighted by Crippen LogP contribution is 2.27. The van der Waals surface area contributed by atoms with Crippen molar-refractivity contribution in [3.05, 3.63) is 29.8 Å². The van der Waals surface area contributed by atoms with Crippen LogP contribution in [0.1, 0.15) is 32.3 Å². The molecule has 0 atom stereocenters. The minimum absolute atomic E-state index is 0.0676. The van der Waals surface area contributed by atoms with Crippen LogP contribution in [0, 0.1) is 5.92 Å². The Bertz CT molecular complexity index is 438. The first-order chi connectivity index (χ1) is 9.58. The van der Waals surface area contributed by atoms with Gasteiger partial charge in [0.1, 0.15) is 0 Å². The Labute approximate surface area is 121 Å². The topological polar surface area (TPSA) is 58.4 Å². The van der Waals surface area contributed by atoms with Gasteiger partial charge in [0, 0.05) is 24.8 Å². The van der Waals surface area contributed by atoms with E-state index in [0.717, 1.165) is 17.8 Å². The second-order valence-electron chi connectivity index (χ2n) is 6.00. The van der Waals surface area contributed by atoms with Crippen LogP contribution in [0.25, 0.3) is 0 Å². The molecule has 1 aromatic rings. The quantitative estimate of drug-likeness (QED) is 0.802. The molecule has 1 fully saturated rings. The first kappa shape index (κ1) is 15.0. The molecule has 0 aromatic heterocycles. The number of nitrogens with zero attached hydrogens (tertiary/aromatic N) is 1. The fourth-order valence-corrected chi connectivity index (χ4v) is 2.36. The smallest absolute Gasteiger partial charge is 0.238 e. The summed E-state index contributed by atoms with van der Waals surface area (Å²) in [6.07, 6.45) is 2.45. The number of hydrogen-bond donors (Lipinski definition) is 2. The third kappa shape index (κ3) is 4.62. The van der Waals surface area contributed by atoms with Crippen molar-refractivity contribution >= 4 is 11.6 Å². The number of carbonyl (C=O) groups is 1. The summed E-state index contributed by atoms with van der Waals surface area (Å²) in [6, 6.07) is 8.32. The summed E-state index contributed by atoms with van der Waals surface area (Å²) in [6.45, 7) is 6.39. The van der Waals surface area contributed by atoms with Gasteiger partial charge in [-0.2, -0.15) is 0 Å². The number of nitrogens with one attached hydrogen (secondary N) is 1. The number of carbonyl (C=O) groups excluding carboxylic acids is 1. The summed E-state index contributed by atoms with van der Waals surface area (Å²) in [5, 5.41) is 2.96. The zero-order valence-corrected chi connectivity index (χ0v) is 12.4. The number of amides is 1. The fraction of sp³-hybridized carbons (Fsp3) is 0.562. The van der Waals surface area contributed by atoms with E-state index in [2.05, 4.69) is 24.1 Å². The third-order valence-corrected chi connectivity index (χ3v) is 3.48. The van der Waals surface area contributed by atoms with Gasteiger partial charge in [-0.05, 0) is 36.5 Å². The largest absolute Gasteiger partial charge is 0.326 e. The van der Waals surface area contributed by atoms with Crippen LogP contribution in [-0.2, 0) is 11.3 Å².